The zero-order valence-electron chi connectivity index (χ0n) is 5.10. The van der Waals surface area contributed by atoms with Gasteiger partial charge in [-0.15, -0.1) is 0 Å². The molecule has 0 aromatic heterocycles. The van der Waals surface area contributed by atoms with Gasteiger partial charge in [-0.3, -0.25) is 0 Å². The van der Waals surface area contributed by atoms with Crippen LogP contribution in [0.5, 0.6) is 0 Å². The van der Waals surface area contributed by atoms with Gasteiger partial charge in [-0.05, 0) is 16.5 Å². The number of hydrogen-bond acceptors (Lipinski definition) is 3. The van der Waals surface area contributed by atoms with Crippen molar-refractivity contribution in [3.8, 4) is 0 Å². The van der Waals surface area contributed by atoms with E-state index >= 15 is 0 Å². The summed E-state index contributed by atoms with van der Waals surface area (Å²) in [6.45, 7) is 0.141. The second kappa shape index (κ2) is 2.53. The summed E-state index contributed by atoms with van der Waals surface area (Å²) in [5.74, 6) is 0. The summed E-state index contributed by atoms with van der Waals surface area (Å²) in [5.41, 5.74) is 0. The van der Waals surface area contributed by atoms with E-state index < -0.39 is 10.3 Å². The third-order valence-electron chi connectivity index (χ3n) is 1.07. The molecule has 0 aliphatic carbocycles. The van der Waals surface area contributed by atoms with Crippen LogP contribution in [-0.2, 0) is 10.3 Å². The smallest absolute Gasteiger partial charge is 0.305 e. The predicted molar refractivity (Wildman–Crippen MR) is 35.0 cm³/mol. The second-order valence-corrected chi connectivity index (χ2v) is 3.12. The summed E-state index contributed by atoms with van der Waals surface area (Å²) in [6.07, 6.45) is 6.01. The highest BCUT2D eigenvalue weighted by Gasteiger charge is 2.18. The van der Waals surface area contributed by atoms with Crippen molar-refractivity contribution in [3.05, 3.63) is 24.4 Å². The van der Waals surface area contributed by atoms with Crippen LogP contribution >= 0.6 is 0 Å². The molecule has 0 spiro atoms. The molecule has 0 N–H and O–H groups in total. The lowest BCUT2D eigenvalue weighted by molar-refractivity contribution is 0.432. The SMILES string of the molecule is O=S(=O)([O-])[N+]1C=CC=CC1. The third kappa shape index (κ3) is 1.66. The number of hydrogen-bond donors (Lipinski definition) is 0. The van der Waals surface area contributed by atoms with Crippen LogP contribution in [0.3, 0.4) is 0 Å². The van der Waals surface area contributed by atoms with Gasteiger partial charge in [-0.25, -0.2) is 0 Å². The summed E-state index contributed by atoms with van der Waals surface area (Å²) in [5, 5.41) is 0. The molecule has 4 nitrogen and oxygen atoms in total. The molecule has 0 amide bonds. The van der Waals surface area contributed by atoms with Gasteiger partial charge in [0.15, 0.2) is 12.7 Å². The minimum atomic E-state index is -4.28. The Labute approximate surface area is 59.3 Å². The van der Waals surface area contributed by atoms with Gasteiger partial charge in [-0.1, -0.05) is 6.08 Å². The molecule has 0 aromatic carbocycles. The Bertz CT molecular complexity index is 265. The van der Waals surface area contributed by atoms with Crippen LogP contribution in [0.15, 0.2) is 24.4 Å². The third-order valence-corrected chi connectivity index (χ3v) is 1.92. The molecule has 0 atom stereocenters. The maximum atomic E-state index is 10.3. The van der Waals surface area contributed by atoms with Crippen molar-refractivity contribution in [2.75, 3.05) is 6.54 Å². The minimum Gasteiger partial charge on any atom is -0.697 e. The average Bonchev–Trinajstić information content (AvgIpc) is 1.88. The van der Waals surface area contributed by atoms with Crippen molar-refractivity contribution in [2.45, 2.75) is 0 Å². The predicted octanol–water partition coefficient (Wildman–Crippen LogP) is -0.330. The van der Waals surface area contributed by atoms with E-state index in [1.807, 2.05) is 0 Å². The van der Waals surface area contributed by atoms with Crippen LogP contribution in [0.2, 0.25) is 0 Å². The minimum absolute atomic E-state index is 0.141. The fraction of sp³-hybridized carbons (Fsp3) is 0.200. The maximum Gasteiger partial charge on any atom is 0.305 e. The number of nitrogens with zero attached hydrogens (tertiary/aromatic N) is 1. The van der Waals surface area contributed by atoms with Gasteiger partial charge < -0.3 is 4.55 Å². The largest absolute Gasteiger partial charge is 0.697 e. The molecule has 0 saturated heterocycles. The molecule has 1 radical (unpaired) electrons. The summed E-state index contributed by atoms with van der Waals surface area (Å²) < 4.78 is 31.5. The fourth-order valence-corrected chi connectivity index (χ4v) is 1.10. The monoisotopic (exact) mass is 160 g/mol. The molecule has 5 heteroatoms. The summed E-state index contributed by atoms with van der Waals surface area (Å²) in [6, 6.07) is 0. The number of allylic oxidation sites excluding steroid dienone is 2. The number of rotatable bonds is 1. The van der Waals surface area contributed by atoms with Crippen molar-refractivity contribution in [1.29, 1.82) is 0 Å². The van der Waals surface area contributed by atoms with Crippen LogP contribution in [-0.4, -0.2) is 19.5 Å². The van der Waals surface area contributed by atoms with E-state index in [9.17, 15) is 13.0 Å². The molecule has 1 rings (SSSR count). The summed E-state index contributed by atoms with van der Waals surface area (Å²) in [4.78, 5) is 0. The van der Waals surface area contributed by atoms with E-state index in [-0.39, 0.29) is 6.54 Å². The zero-order valence-corrected chi connectivity index (χ0v) is 5.91. The van der Waals surface area contributed by atoms with E-state index in [2.05, 4.69) is 0 Å². The molecule has 0 bridgehead atoms. The van der Waals surface area contributed by atoms with Gasteiger partial charge in [0.2, 0.25) is 0 Å². The fourth-order valence-electron chi connectivity index (χ4n) is 0.616. The average molecular weight is 160 g/mol. The van der Waals surface area contributed by atoms with Gasteiger partial charge in [0, 0.05) is 0 Å². The first-order valence-electron chi connectivity index (χ1n) is 2.67. The van der Waals surface area contributed by atoms with E-state index in [0.29, 0.717) is 0 Å². The highest BCUT2D eigenvalue weighted by molar-refractivity contribution is 7.84. The van der Waals surface area contributed by atoms with Crippen LogP contribution in [0.25, 0.3) is 0 Å². The van der Waals surface area contributed by atoms with Gasteiger partial charge >= 0.3 is 10.3 Å². The molecule has 0 saturated carbocycles. The first-order chi connectivity index (χ1) is 4.61. The molecule has 1 aliphatic heterocycles. The molecule has 10 heavy (non-hydrogen) atoms. The molecule has 0 unspecified atom stereocenters. The van der Waals surface area contributed by atoms with Gasteiger partial charge in [0.25, 0.3) is 0 Å². The van der Waals surface area contributed by atoms with Crippen LogP contribution in [0.1, 0.15) is 0 Å². The Hall–Kier alpha value is -0.650. The van der Waals surface area contributed by atoms with E-state index in [0.717, 1.165) is 4.31 Å². The normalized spacial score (nSPS) is 19.7. The highest BCUT2D eigenvalue weighted by Crippen LogP contribution is 1.98. The van der Waals surface area contributed by atoms with Crippen LogP contribution in [0.4, 0.5) is 0 Å². The zero-order chi connectivity index (χ0) is 7.61. The topological polar surface area (TPSA) is 63.1 Å². The lowest BCUT2D eigenvalue weighted by Crippen LogP contribution is -2.32. The maximum absolute atomic E-state index is 10.3. The second-order valence-electron chi connectivity index (χ2n) is 1.80. The van der Waals surface area contributed by atoms with Crippen molar-refractivity contribution in [2.24, 2.45) is 0 Å². The van der Waals surface area contributed by atoms with Gasteiger partial charge in [-0.2, -0.15) is 8.42 Å². The van der Waals surface area contributed by atoms with Gasteiger partial charge in [0.05, 0.1) is 0 Å². The molecule has 0 aromatic rings. The van der Waals surface area contributed by atoms with E-state index in [1.54, 1.807) is 12.2 Å². The van der Waals surface area contributed by atoms with Crippen molar-refractivity contribution < 1.29 is 13.0 Å². The Kier molecular flexibility index (Phi) is 1.89. The molecular weight excluding hydrogens is 154 g/mol. The molecule has 1 aliphatic rings. The van der Waals surface area contributed by atoms with Crippen molar-refractivity contribution >= 4 is 10.3 Å². The first-order valence-corrected chi connectivity index (χ1v) is 4.03. The summed E-state index contributed by atoms with van der Waals surface area (Å²) in [7, 11) is -4.28. The Balaban J connectivity index is 2.79. The standard InChI is InChI=1S/C5H7NO3S/c7-10(8,9)6-4-2-1-3-5-6/h1-4H,5H2,(H,7,8,9)/q+1/p-1. The van der Waals surface area contributed by atoms with E-state index in [1.165, 1.54) is 12.3 Å². The van der Waals surface area contributed by atoms with Crippen molar-refractivity contribution in [3.63, 3.8) is 0 Å². The first kappa shape index (κ1) is 7.46. The molecule has 55 valence electrons. The molecule has 1 heterocycles. The molecular formula is C5H6NO3S. The van der Waals surface area contributed by atoms with Crippen molar-refractivity contribution in [1.82, 2.24) is 4.31 Å². The highest BCUT2D eigenvalue weighted by atomic mass is 32.2. The lowest BCUT2D eigenvalue weighted by Gasteiger charge is -2.08. The Morgan fingerprint density at radius 1 is 1.40 bits per heavy atom. The van der Waals surface area contributed by atoms with E-state index in [4.69, 9.17) is 0 Å². The molecule has 0 fully saturated rings. The van der Waals surface area contributed by atoms with Gasteiger partial charge in [0.1, 0.15) is 0 Å². The summed E-state index contributed by atoms with van der Waals surface area (Å²) >= 11 is 0. The van der Waals surface area contributed by atoms with Crippen LogP contribution in [0, 0.1) is 0 Å². The van der Waals surface area contributed by atoms with Crippen LogP contribution < -0.4 is 4.31 Å². The quantitative estimate of drug-likeness (QED) is 0.389. The lowest BCUT2D eigenvalue weighted by atomic mass is 10.4. The Morgan fingerprint density at radius 3 is 2.40 bits per heavy atom. The Morgan fingerprint density at radius 2 is 2.10 bits per heavy atom.